The molecule has 5 heteroatoms. The standard InChI is InChI=1S/C11H17N3S2/c1-16-9-4-2-3-8(9)14-10(7-5-6-7)12-13-11(14)15/h7-9H,2-6H2,1H3,(H,13,15). The molecule has 3 nitrogen and oxygen atoms in total. The van der Waals surface area contributed by atoms with Crippen LogP contribution in [-0.4, -0.2) is 26.3 Å². The third-order valence-electron chi connectivity index (χ3n) is 3.73. The first-order chi connectivity index (χ1) is 7.81. The van der Waals surface area contributed by atoms with E-state index in [0.717, 1.165) is 10.0 Å². The van der Waals surface area contributed by atoms with Gasteiger partial charge in [-0.25, -0.2) is 0 Å². The Kier molecular flexibility index (Phi) is 2.83. The summed E-state index contributed by atoms with van der Waals surface area (Å²) in [6.45, 7) is 0. The molecule has 2 saturated carbocycles. The zero-order chi connectivity index (χ0) is 11.1. The highest BCUT2D eigenvalue weighted by Crippen LogP contribution is 2.43. The minimum Gasteiger partial charge on any atom is -0.300 e. The Morgan fingerprint density at radius 1 is 1.38 bits per heavy atom. The second kappa shape index (κ2) is 4.18. The maximum absolute atomic E-state index is 5.39. The van der Waals surface area contributed by atoms with Gasteiger partial charge in [0.2, 0.25) is 0 Å². The summed E-state index contributed by atoms with van der Waals surface area (Å²) in [5.41, 5.74) is 0. The molecule has 1 heterocycles. The van der Waals surface area contributed by atoms with Crippen LogP contribution in [0.1, 0.15) is 49.9 Å². The topological polar surface area (TPSA) is 33.6 Å². The van der Waals surface area contributed by atoms with Gasteiger partial charge in [-0.3, -0.25) is 9.67 Å². The summed E-state index contributed by atoms with van der Waals surface area (Å²) in [6, 6.07) is 0.580. The van der Waals surface area contributed by atoms with Crippen molar-refractivity contribution >= 4 is 24.0 Å². The zero-order valence-corrected chi connectivity index (χ0v) is 11.1. The number of nitrogens with zero attached hydrogens (tertiary/aromatic N) is 2. The Hall–Kier alpha value is -0.290. The fraction of sp³-hybridized carbons (Fsp3) is 0.818. The first-order valence-corrected chi connectivity index (χ1v) is 7.70. The van der Waals surface area contributed by atoms with Crippen LogP contribution in [0.2, 0.25) is 0 Å². The molecule has 2 atom stereocenters. The van der Waals surface area contributed by atoms with E-state index in [1.165, 1.54) is 37.9 Å². The summed E-state index contributed by atoms with van der Waals surface area (Å²) in [5, 5.41) is 8.14. The lowest BCUT2D eigenvalue weighted by Gasteiger charge is -2.20. The van der Waals surface area contributed by atoms with Crippen LogP contribution in [0.15, 0.2) is 0 Å². The minimum absolute atomic E-state index is 0.580. The Bertz CT molecular complexity index is 433. The van der Waals surface area contributed by atoms with Gasteiger partial charge in [0.05, 0.1) is 0 Å². The van der Waals surface area contributed by atoms with Crippen LogP contribution < -0.4 is 0 Å². The number of hydrogen-bond acceptors (Lipinski definition) is 3. The van der Waals surface area contributed by atoms with Gasteiger partial charge in [-0.15, -0.1) is 0 Å². The molecular weight excluding hydrogens is 238 g/mol. The number of nitrogens with one attached hydrogen (secondary N) is 1. The van der Waals surface area contributed by atoms with Crippen molar-refractivity contribution < 1.29 is 0 Å². The van der Waals surface area contributed by atoms with Crippen molar-refractivity contribution in [3.63, 3.8) is 0 Å². The predicted molar refractivity (Wildman–Crippen MR) is 69.6 cm³/mol. The Morgan fingerprint density at radius 2 is 2.19 bits per heavy atom. The molecule has 0 radical (unpaired) electrons. The minimum atomic E-state index is 0.580. The van der Waals surface area contributed by atoms with Gasteiger partial charge in [0, 0.05) is 17.2 Å². The van der Waals surface area contributed by atoms with Gasteiger partial charge in [0.25, 0.3) is 0 Å². The van der Waals surface area contributed by atoms with Crippen molar-refractivity contribution in [3.05, 3.63) is 10.6 Å². The molecule has 2 aliphatic carbocycles. The van der Waals surface area contributed by atoms with Crippen LogP contribution in [0.3, 0.4) is 0 Å². The molecule has 0 aliphatic heterocycles. The lowest BCUT2D eigenvalue weighted by molar-refractivity contribution is 0.501. The Morgan fingerprint density at radius 3 is 2.88 bits per heavy atom. The van der Waals surface area contributed by atoms with Gasteiger partial charge in [0.1, 0.15) is 5.82 Å². The summed E-state index contributed by atoms with van der Waals surface area (Å²) >= 11 is 7.37. The summed E-state index contributed by atoms with van der Waals surface area (Å²) in [4.78, 5) is 0. The monoisotopic (exact) mass is 255 g/mol. The fourth-order valence-corrected chi connectivity index (χ4v) is 3.99. The average molecular weight is 255 g/mol. The van der Waals surface area contributed by atoms with E-state index in [1.807, 2.05) is 11.8 Å². The molecule has 0 aromatic carbocycles. The van der Waals surface area contributed by atoms with E-state index in [1.54, 1.807) is 0 Å². The molecule has 16 heavy (non-hydrogen) atoms. The normalized spacial score (nSPS) is 29.8. The highest BCUT2D eigenvalue weighted by Gasteiger charge is 2.35. The van der Waals surface area contributed by atoms with Crippen molar-refractivity contribution in [3.8, 4) is 0 Å². The molecular formula is C11H17N3S2. The van der Waals surface area contributed by atoms with E-state index >= 15 is 0 Å². The van der Waals surface area contributed by atoms with Crippen LogP contribution >= 0.6 is 24.0 Å². The van der Waals surface area contributed by atoms with E-state index in [2.05, 4.69) is 21.0 Å². The van der Waals surface area contributed by atoms with Crippen LogP contribution in [-0.2, 0) is 0 Å². The van der Waals surface area contributed by atoms with E-state index in [4.69, 9.17) is 12.2 Å². The number of aromatic nitrogens is 3. The van der Waals surface area contributed by atoms with Gasteiger partial charge in [-0.2, -0.15) is 16.9 Å². The highest BCUT2D eigenvalue weighted by atomic mass is 32.2. The quantitative estimate of drug-likeness (QED) is 0.842. The molecule has 0 saturated heterocycles. The molecule has 2 unspecified atom stereocenters. The van der Waals surface area contributed by atoms with Crippen LogP contribution in [0.25, 0.3) is 0 Å². The summed E-state index contributed by atoms with van der Waals surface area (Å²) in [6.07, 6.45) is 8.70. The van der Waals surface area contributed by atoms with Gasteiger partial charge >= 0.3 is 0 Å². The molecule has 2 aliphatic rings. The summed E-state index contributed by atoms with van der Waals surface area (Å²) < 4.78 is 3.15. The number of thioether (sulfide) groups is 1. The number of aromatic amines is 1. The van der Waals surface area contributed by atoms with Crippen LogP contribution in [0.5, 0.6) is 0 Å². The van der Waals surface area contributed by atoms with E-state index < -0.39 is 0 Å². The van der Waals surface area contributed by atoms with Crippen molar-refractivity contribution in [1.29, 1.82) is 0 Å². The van der Waals surface area contributed by atoms with Crippen molar-refractivity contribution in [2.75, 3.05) is 6.26 Å². The van der Waals surface area contributed by atoms with Crippen LogP contribution in [0.4, 0.5) is 0 Å². The van der Waals surface area contributed by atoms with E-state index in [-0.39, 0.29) is 0 Å². The second-order valence-electron chi connectivity index (χ2n) is 4.80. The Labute approximate surface area is 105 Å². The molecule has 0 spiro atoms. The lowest BCUT2D eigenvalue weighted by Crippen LogP contribution is -2.18. The third-order valence-corrected chi connectivity index (χ3v) is 5.17. The number of H-pyrrole nitrogens is 1. The maximum atomic E-state index is 5.39. The molecule has 2 fully saturated rings. The average Bonchev–Trinajstić information content (AvgIpc) is 2.90. The van der Waals surface area contributed by atoms with Gasteiger partial charge in [-0.1, -0.05) is 6.42 Å². The molecule has 1 N–H and O–H groups in total. The summed E-state index contributed by atoms with van der Waals surface area (Å²) in [7, 11) is 0. The van der Waals surface area contributed by atoms with Gasteiger partial charge < -0.3 is 0 Å². The molecule has 1 aromatic heterocycles. The number of rotatable bonds is 3. The van der Waals surface area contributed by atoms with Crippen LogP contribution in [0, 0.1) is 4.77 Å². The van der Waals surface area contributed by atoms with Crippen molar-refractivity contribution in [2.24, 2.45) is 0 Å². The fourth-order valence-electron chi connectivity index (χ4n) is 2.74. The molecule has 3 rings (SSSR count). The SMILES string of the molecule is CSC1CCCC1n1c(C2CC2)n[nH]c1=S. The molecule has 1 aromatic rings. The number of hydrogen-bond donors (Lipinski definition) is 1. The van der Waals surface area contributed by atoms with Crippen molar-refractivity contribution in [2.45, 2.75) is 49.3 Å². The predicted octanol–water partition coefficient (Wildman–Crippen LogP) is 3.27. The third kappa shape index (κ3) is 1.74. The van der Waals surface area contributed by atoms with E-state index in [0.29, 0.717) is 12.0 Å². The second-order valence-corrected chi connectivity index (χ2v) is 6.27. The summed E-state index contributed by atoms with van der Waals surface area (Å²) in [5.74, 6) is 1.90. The Balaban J connectivity index is 1.97. The van der Waals surface area contributed by atoms with Gasteiger partial charge in [-0.05, 0) is 44.2 Å². The molecule has 0 amide bonds. The highest BCUT2D eigenvalue weighted by molar-refractivity contribution is 7.99. The van der Waals surface area contributed by atoms with Gasteiger partial charge in [0.15, 0.2) is 4.77 Å². The zero-order valence-electron chi connectivity index (χ0n) is 9.48. The lowest BCUT2D eigenvalue weighted by atomic mass is 10.2. The molecule has 0 bridgehead atoms. The first kappa shape index (κ1) is 10.8. The maximum Gasteiger partial charge on any atom is 0.195 e. The smallest absolute Gasteiger partial charge is 0.195 e. The molecule has 88 valence electrons. The van der Waals surface area contributed by atoms with E-state index in [9.17, 15) is 0 Å². The van der Waals surface area contributed by atoms with Crippen molar-refractivity contribution in [1.82, 2.24) is 14.8 Å². The largest absolute Gasteiger partial charge is 0.300 e. The first-order valence-electron chi connectivity index (χ1n) is 6.01.